The zero-order valence-electron chi connectivity index (χ0n) is 9.78. The zero-order valence-corrected chi connectivity index (χ0v) is 9.78. The quantitative estimate of drug-likeness (QED) is 0.802. The molecule has 94 valence electrons. The van der Waals surface area contributed by atoms with Crippen molar-refractivity contribution >= 4 is 11.6 Å². The molecule has 2 aromatic rings. The van der Waals surface area contributed by atoms with Gasteiger partial charge in [0.25, 0.3) is 0 Å². The average molecular weight is 246 g/mol. The number of hydrogen-bond donors (Lipinski definition) is 2. The Morgan fingerprint density at radius 2 is 2.11 bits per heavy atom. The van der Waals surface area contributed by atoms with E-state index in [1.165, 1.54) is 17.3 Å². The second-order valence-corrected chi connectivity index (χ2v) is 3.81. The minimum atomic E-state index is -0.157. The summed E-state index contributed by atoms with van der Waals surface area (Å²) in [6.45, 7) is 0.260. The monoisotopic (exact) mass is 246 g/mol. The van der Waals surface area contributed by atoms with Gasteiger partial charge in [-0.15, -0.1) is 0 Å². The second kappa shape index (κ2) is 5.92. The normalized spacial score (nSPS) is 10.3. The smallest absolute Gasteiger partial charge is 0.246 e. The van der Waals surface area contributed by atoms with E-state index in [2.05, 4.69) is 15.4 Å². The summed E-state index contributed by atoms with van der Waals surface area (Å²) in [7, 11) is 0. The van der Waals surface area contributed by atoms with Crippen LogP contribution in [0.2, 0.25) is 0 Å². The van der Waals surface area contributed by atoms with E-state index in [-0.39, 0.29) is 19.1 Å². The predicted octanol–water partition coefficient (Wildman–Crippen LogP) is 0.452. The van der Waals surface area contributed by atoms with Crippen LogP contribution in [0.5, 0.6) is 0 Å². The number of anilines is 1. The summed E-state index contributed by atoms with van der Waals surface area (Å²) in [5.74, 6) is -0.157. The first-order chi connectivity index (χ1) is 8.78. The molecule has 0 bridgehead atoms. The van der Waals surface area contributed by atoms with Gasteiger partial charge in [-0.3, -0.25) is 4.79 Å². The van der Waals surface area contributed by atoms with Crippen LogP contribution in [0.15, 0.2) is 36.9 Å². The summed E-state index contributed by atoms with van der Waals surface area (Å²) < 4.78 is 1.45. The number of carbonyl (C=O) groups excluding carboxylic acids is 1. The highest BCUT2D eigenvalue weighted by Gasteiger charge is 2.03. The summed E-state index contributed by atoms with van der Waals surface area (Å²) in [6, 6.07) is 7.37. The molecule has 18 heavy (non-hydrogen) atoms. The van der Waals surface area contributed by atoms with Gasteiger partial charge in [-0.2, -0.15) is 5.10 Å². The standard InChI is InChI=1S/C12H14N4O2/c17-6-5-10-1-3-11(4-2-10)15-12(18)7-16-9-13-8-14-16/h1-4,8-9,17H,5-7H2,(H,15,18). The van der Waals surface area contributed by atoms with Gasteiger partial charge < -0.3 is 10.4 Å². The molecule has 1 heterocycles. The predicted molar refractivity (Wildman–Crippen MR) is 65.9 cm³/mol. The Labute approximate surface area is 104 Å². The van der Waals surface area contributed by atoms with Crippen LogP contribution in [-0.4, -0.2) is 32.4 Å². The summed E-state index contributed by atoms with van der Waals surface area (Å²) >= 11 is 0. The molecular weight excluding hydrogens is 232 g/mol. The Morgan fingerprint density at radius 3 is 2.72 bits per heavy atom. The van der Waals surface area contributed by atoms with Crippen molar-refractivity contribution in [2.45, 2.75) is 13.0 Å². The molecule has 0 aliphatic heterocycles. The number of amides is 1. The number of aliphatic hydroxyl groups excluding tert-OH is 1. The molecule has 6 nitrogen and oxygen atoms in total. The maximum atomic E-state index is 11.7. The molecule has 0 aliphatic carbocycles. The van der Waals surface area contributed by atoms with E-state index >= 15 is 0 Å². The number of hydrogen-bond acceptors (Lipinski definition) is 4. The topological polar surface area (TPSA) is 80.0 Å². The van der Waals surface area contributed by atoms with Crippen LogP contribution in [0, 0.1) is 0 Å². The summed E-state index contributed by atoms with van der Waals surface area (Å²) in [5, 5.41) is 15.4. The Hall–Kier alpha value is -2.21. The molecule has 0 aliphatic rings. The maximum absolute atomic E-state index is 11.7. The molecular formula is C12H14N4O2. The molecule has 0 saturated carbocycles. The van der Waals surface area contributed by atoms with E-state index in [0.29, 0.717) is 6.42 Å². The molecule has 0 atom stereocenters. The first-order valence-corrected chi connectivity index (χ1v) is 5.60. The lowest BCUT2D eigenvalue weighted by molar-refractivity contribution is -0.116. The Balaban J connectivity index is 1.90. The van der Waals surface area contributed by atoms with Crippen molar-refractivity contribution in [3.05, 3.63) is 42.5 Å². The van der Waals surface area contributed by atoms with E-state index in [0.717, 1.165) is 11.3 Å². The Bertz CT molecular complexity index is 493. The highest BCUT2D eigenvalue weighted by atomic mass is 16.2. The maximum Gasteiger partial charge on any atom is 0.246 e. The molecule has 0 saturated heterocycles. The average Bonchev–Trinajstić information content (AvgIpc) is 2.84. The molecule has 6 heteroatoms. The van der Waals surface area contributed by atoms with Crippen LogP contribution in [-0.2, 0) is 17.8 Å². The highest BCUT2D eigenvalue weighted by Crippen LogP contribution is 2.09. The lowest BCUT2D eigenvalue weighted by Gasteiger charge is -2.06. The Kier molecular flexibility index (Phi) is 4.03. The molecule has 0 fully saturated rings. The van der Waals surface area contributed by atoms with Gasteiger partial charge >= 0.3 is 0 Å². The van der Waals surface area contributed by atoms with E-state index in [9.17, 15) is 4.79 Å². The highest BCUT2D eigenvalue weighted by molar-refractivity contribution is 5.90. The van der Waals surface area contributed by atoms with Crippen LogP contribution >= 0.6 is 0 Å². The van der Waals surface area contributed by atoms with Crippen molar-refractivity contribution in [1.82, 2.24) is 14.8 Å². The zero-order chi connectivity index (χ0) is 12.8. The summed E-state index contributed by atoms with van der Waals surface area (Å²) in [6.07, 6.45) is 3.49. The Morgan fingerprint density at radius 1 is 1.33 bits per heavy atom. The molecule has 0 spiro atoms. The first kappa shape index (κ1) is 12.3. The summed E-state index contributed by atoms with van der Waals surface area (Å²) in [4.78, 5) is 15.4. The second-order valence-electron chi connectivity index (χ2n) is 3.81. The number of benzene rings is 1. The minimum absolute atomic E-state index is 0.123. The van der Waals surface area contributed by atoms with Crippen molar-refractivity contribution in [3.8, 4) is 0 Å². The van der Waals surface area contributed by atoms with E-state index in [1.807, 2.05) is 24.3 Å². The first-order valence-electron chi connectivity index (χ1n) is 5.60. The molecule has 0 unspecified atom stereocenters. The number of carbonyl (C=O) groups is 1. The van der Waals surface area contributed by atoms with E-state index in [1.54, 1.807) is 0 Å². The lowest BCUT2D eigenvalue weighted by Crippen LogP contribution is -2.18. The third-order valence-electron chi connectivity index (χ3n) is 2.41. The van der Waals surface area contributed by atoms with Crippen molar-refractivity contribution in [1.29, 1.82) is 0 Å². The fourth-order valence-corrected chi connectivity index (χ4v) is 1.55. The number of nitrogens with one attached hydrogen (secondary N) is 1. The van der Waals surface area contributed by atoms with Gasteiger partial charge in [0, 0.05) is 12.3 Å². The minimum Gasteiger partial charge on any atom is -0.396 e. The van der Waals surface area contributed by atoms with Crippen molar-refractivity contribution < 1.29 is 9.90 Å². The van der Waals surface area contributed by atoms with Gasteiger partial charge in [0.1, 0.15) is 19.2 Å². The van der Waals surface area contributed by atoms with Crippen LogP contribution in [0.25, 0.3) is 0 Å². The number of aromatic nitrogens is 3. The molecule has 1 aromatic carbocycles. The van der Waals surface area contributed by atoms with Crippen molar-refractivity contribution in [2.24, 2.45) is 0 Å². The van der Waals surface area contributed by atoms with Crippen LogP contribution in [0.4, 0.5) is 5.69 Å². The lowest BCUT2D eigenvalue weighted by atomic mass is 10.1. The van der Waals surface area contributed by atoms with E-state index in [4.69, 9.17) is 5.11 Å². The fraction of sp³-hybridized carbons (Fsp3) is 0.250. The van der Waals surface area contributed by atoms with Crippen molar-refractivity contribution in [3.63, 3.8) is 0 Å². The number of nitrogens with zero attached hydrogens (tertiary/aromatic N) is 3. The molecule has 1 amide bonds. The van der Waals surface area contributed by atoms with E-state index < -0.39 is 0 Å². The molecule has 1 aromatic heterocycles. The SMILES string of the molecule is O=C(Cn1cncn1)Nc1ccc(CCO)cc1. The van der Waals surface area contributed by atoms with Crippen LogP contribution < -0.4 is 5.32 Å². The summed E-state index contributed by atoms with van der Waals surface area (Å²) in [5.41, 5.74) is 1.76. The van der Waals surface area contributed by atoms with Gasteiger partial charge in [0.05, 0.1) is 0 Å². The van der Waals surface area contributed by atoms with Gasteiger partial charge in [-0.25, -0.2) is 9.67 Å². The number of rotatable bonds is 5. The third kappa shape index (κ3) is 3.39. The van der Waals surface area contributed by atoms with Crippen LogP contribution in [0.1, 0.15) is 5.56 Å². The van der Waals surface area contributed by atoms with Crippen molar-refractivity contribution in [2.75, 3.05) is 11.9 Å². The van der Waals surface area contributed by atoms with Crippen LogP contribution in [0.3, 0.4) is 0 Å². The van der Waals surface area contributed by atoms with Gasteiger partial charge in [0.2, 0.25) is 5.91 Å². The molecule has 2 rings (SSSR count). The number of aliphatic hydroxyl groups is 1. The fourth-order valence-electron chi connectivity index (χ4n) is 1.55. The molecule has 2 N–H and O–H groups in total. The van der Waals surface area contributed by atoms with Gasteiger partial charge in [0.15, 0.2) is 0 Å². The molecule has 0 radical (unpaired) electrons. The van der Waals surface area contributed by atoms with Gasteiger partial charge in [-0.1, -0.05) is 12.1 Å². The van der Waals surface area contributed by atoms with Gasteiger partial charge in [-0.05, 0) is 24.1 Å². The third-order valence-corrected chi connectivity index (χ3v) is 2.41. The largest absolute Gasteiger partial charge is 0.396 e.